The number of rotatable bonds is 1. The summed E-state index contributed by atoms with van der Waals surface area (Å²) < 4.78 is 39.4. The highest BCUT2D eigenvalue weighted by molar-refractivity contribution is 5.76. The third-order valence-electron chi connectivity index (χ3n) is 2.55. The van der Waals surface area contributed by atoms with Gasteiger partial charge >= 0.3 is 12.1 Å². The standard InChI is InChI=1S/C7H8F3NO2/c8-7(9,10)5(12)13-4-1-6(4)2-11-3-6/h4,11H,1-3H2. The molecule has 2 fully saturated rings. The summed E-state index contributed by atoms with van der Waals surface area (Å²) in [7, 11) is 0. The highest BCUT2D eigenvalue weighted by atomic mass is 19.4. The number of halogens is 3. The Morgan fingerprint density at radius 2 is 2.08 bits per heavy atom. The van der Waals surface area contributed by atoms with Crippen LogP contribution in [0.5, 0.6) is 0 Å². The van der Waals surface area contributed by atoms with Crippen molar-refractivity contribution in [1.82, 2.24) is 5.32 Å². The first-order chi connectivity index (χ1) is 5.94. The molecule has 0 amide bonds. The van der Waals surface area contributed by atoms with Crippen LogP contribution in [0.2, 0.25) is 0 Å². The molecule has 6 heteroatoms. The van der Waals surface area contributed by atoms with Crippen molar-refractivity contribution in [3.8, 4) is 0 Å². The van der Waals surface area contributed by atoms with E-state index in [1.54, 1.807) is 0 Å². The number of hydrogen-bond donors (Lipinski definition) is 1. The van der Waals surface area contributed by atoms with Crippen LogP contribution < -0.4 is 5.32 Å². The molecule has 1 spiro atoms. The molecule has 0 bridgehead atoms. The van der Waals surface area contributed by atoms with Crippen molar-refractivity contribution in [3.63, 3.8) is 0 Å². The number of ether oxygens (including phenoxy) is 1. The Labute approximate surface area is 72.2 Å². The fraction of sp³-hybridized carbons (Fsp3) is 0.857. The van der Waals surface area contributed by atoms with Gasteiger partial charge in [0.1, 0.15) is 6.10 Å². The minimum atomic E-state index is -4.86. The maximum absolute atomic E-state index is 11.7. The first-order valence-electron chi connectivity index (χ1n) is 3.93. The minimum absolute atomic E-state index is 0.166. The maximum atomic E-state index is 11.7. The molecule has 1 saturated carbocycles. The van der Waals surface area contributed by atoms with Gasteiger partial charge in [0.15, 0.2) is 0 Å². The van der Waals surface area contributed by atoms with Crippen molar-refractivity contribution in [1.29, 1.82) is 0 Å². The number of alkyl halides is 3. The van der Waals surface area contributed by atoms with Crippen molar-refractivity contribution in [2.45, 2.75) is 18.7 Å². The molecular formula is C7H8F3NO2. The minimum Gasteiger partial charge on any atom is -0.455 e. The van der Waals surface area contributed by atoms with Crippen LogP contribution in [0.25, 0.3) is 0 Å². The van der Waals surface area contributed by atoms with Gasteiger partial charge in [-0.3, -0.25) is 0 Å². The van der Waals surface area contributed by atoms with E-state index in [1.807, 2.05) is 0 Å². The molecule has 1 heterocycles. The number of carbonyl (C=O) groups is 1. The average Bonchev–Trinajstić information content (AvgIpc) is 2.59. The summed E-state index contributed by atoms with van der Waals surface area (Å²) in [6.07, 6.45) is -4.83. The van der Waals surface area contributed by atoms with Crippen molar-refractivity contribution >= 4 is 5.97 Å². The number of carbonyl (C=O) groups excluding carboxylic acids is 1. The molecule has 13 heavy (non-hydrogen) atoms. The van der Waals surface area contributed by atoms with Crippen LogP contribution in [0.3, 0.4) is 0 Å². The second-order valence-electron chi connectivity index (χ2n) is 3.56. The maximum Gasteiger partial charge on any atom is 0.490 e. The topological polar surface area (TPSA) is 38.3 Å². The molecule has 74 valence electrons. The first kappa shape index (κ1) is 8.80. The van der Waals surface area contributed by atoms with Gasteiger partial charge in [0, 0.05) is 18.5 Å². The van der Waals surface area contributed by atoms with Crippen LogP contribution in [0.4, 0.5) is 13.2 Å². The van der Waals surface area contributed by atoms with Crippen LogP contribution in [0.15, 0.2) is 0 Å². The van der Waals surface area contributed by atoms with Gasteiger partial charge in [0.05, 0.1) is 0 Å². The molecule has 2 rings (SSSR count). The highest BCUT2D eigenvalue weighted by Crippen LogP contribution is 2.51. The summed E-state index contributed by atoms with van der Waals surface area (Å²) in [5, 5.41) is 2.93. The summed E-state index contributed by atoms with van der Waals surface area (Å²) in [5.41, 5.74) is -0.166. The number of hydrogen-bond acceptors (Lipinski definition) is 3. The number of nitrogens with one attached hydrogen (secondary N) is 1. The van der Waals surface area contributed by atoms with Gasteiger partial charge in [0.2, 0.25) is 0 Å². The molecule has 0 radical (unpaired) electrons. The van der Waals surface area contributed by atoms with E-state index in [-0.39, 0.29) is 5.41 Å². The van der Waals surface area contributed by atoms with Crippen molar-refractivity contribution in [2.75, 3.05) is 13.1 Å². The van der Waals surface area contributed by atoms with E-state index in [9.17, 15) is 18.0 Å². The molecule has 1 saturated heterocycles. The Bertz CT molecular complexity index is 247. The molecule has 1 unspecified atom stereocenters. The van der Waals surface area contributed by atoms with Gasteiger partial charge in [-0.05, 0) is 6.42 Å². The van der Waals surface area contributed by atoms with Crippen molar-refractivity contribution < 1.29 is 22.7 Å². The Morgan fingerprint density at radius 1 is 1.46 bits per heavy atom. The fourth-order valence-corrected chi connectivity index (χ4v) is 1.49. The molecular weight excluding hydrogens is 187 g/mol. The molecule has 0 aromatic heterocycles. The fourth-order valence-electron chi connectivity index (χ4n) is 1.49. The van der Waals surface area contributed by atoms with Crippen LogP contribution in [-0.2, 0) is 9.53 Å². The lowest BCUT2D eigenvalue weighted by Gasteiger charge is -2.27. The van der Waals surface area contributed by atoms with E-state index in [0.717, 1.165) is 0 Å². The molecule has 1 aliphatic heterocycles. The van der Waals surface area contributed by atoms with Gasteiger partial charge in [-0.15, -0.1) is 0 Å². The van der Waals surface area contributed by atoms with E-state index in [1.165, 1.54) is 0 Å². The zero-order chi connectivity index (χ0) is 9.69. The molecule has 0 aromatic rings. The van der Waals surface area contributed by atoms with E-state index < -0.39 is 18.2 Å². The smallest absolute Gasteiger partial charge is 0.455 e. The Kier molecular flexibility index (Phi) is 1.61. The third-order valence-corrected chi connectivity index (χ3v) is 2.55. The Hall–Kier alpha value is -0.780. The van der Waals surface area contributed by atoms with E-state index in [4.69, 9.17) is 0 Å². The van der Waals surface area contributed by atoms with Gasteiger partial charge in [-0.1, -0.05) is 0 Å². The second kappa shape index (κ2) is 2.37. The molecule has 2 aliphatic rings. The van der Waals surface area contributed by atoms with Crippen LogP contribution in [0.1, 0.15) is 6.42 Å². The zero-order valence-corrected chi connectivity index (χ0v) is 6.65. The van der Waals surface area contributed by atoms with Crippen LogP contribution in [-0.4, -0.2) is 31.3 Å². The average molecular weight is 195 g/mol. The van der Waals surface area contributed by atoms with E-state index >= 15 is 0 Å². The van der Waals surface area contributed by atoms with Crippen LogP contribution in [0, 0.1) is 5.41 Å². The summed E-state index contributed by atoms with van der Waals surface area (Å²) in [6.45, 7) is 1.31. The largest absolute Gasteiger partial charge is 0.490 e. The summed E-state index contributed by atoms with van der Waals surface area (Å²) in [4.78, 5) is 10.4. The third kappa shape index (κ3) is 1.39. The second-order valence-corrected chi connectivity index (χ2v) is 3.56. The molecule has 0 aromatic carbocycles. The molecule has 3 nitrogen and oxygen atoms in total. The Morgan fingerprint density at radius 3 is 2.38 bits per heavy atom. The van der Waals surface area contributed by atoms with Gasteiger partial charge in [0.25, 0.3) is 0 Å². The molecule has 1 atom stereocenters. The summed E-state index contributed by atoms with van der Waals surface area (Å²) >= 11 is 0. The quantitative estimate of drug-likeness (QED) is 0.617. The van der Waals surface area contributed by atoms with Crippen molar-refractivity contribution in [2.24, 2.45) is 5.41 Å². The lowest BCUT2D eigenvalue weighted by molar-refractivity contribution is -0.202. The monoisotopic (exact) mass is 195 g/mol. The zero-order valence-electron chi connectivity index (χ0n) is 6.65. The lowest BCUT2D eigenvalue weighted by Crippen LogP contribution is -2.47. The van der Waals surface area contributed by atoms with E-state index in [0.29, 0.717) is 19.5 Å². The lowest BCUT2D eigenvalue weighted by atomic mass is 10.0. The summed E-state index contributed by atoms with van der Waals surface area (Å²) in [5.74, 6) is -2.07. The van der Waals surface area contributed by atoms with Crippen molar-refractivity contribution in [3.05, 3.63) is 0 Å². The molecule has 1 aliphatic carbocycles. The number of esters is 1. The Balaban J connectivity index is 1.84. The summed E-state index contributed by atoms with van der Waals surface area (Å²) in [6, 6.07) is 0. The normalized spacial score (nSPS) is 29.6. The van der Waals surface area contributed by atoms with Gasteiger partial charge < -0.3 is 10.1 Å². The first-order valence-corrected chi connectivity index (χ1v) is 3.93. The SMILES string of the molecule is O=C(OC1CC12CNC2)C(F)(F)F. The molecule has 1 N–H and O–H groups in total. The predicted octanol–water partition coefficient (Wildman–Crippen LogP) is 0.454. The predicted molar refractivity (Wildman–Crippen MR) is 35.9 cm³/mol. The van der Waals surface area contributed by atoms with Crippen LogP contribution >= 0.6 is 0 Å². The van der Waals surface area contributed by atoms with E-state index in [2.05, 4.69) is 10.1 Å². The van der Waals surface area contributed by atoms with Gasteiger partial charge in [-0.25, -0.2) is 4.79 Å². The van der Waals surface area contributed by atoms with Gasteiger partial charge in [-0.2, -0.15) is 13.2 Å². The highest BCUT2D eigenvalue weighted by Gasteiger charge is 2.62.